The average Bonchev–Trinajstić information content (AvgIpc) is 3.09. The molecule has 0 amide bonds. The molecular formula is C32H40N18O2. The summed E-state index contributed by atoms with van der Waals surface area (Å²) in [5.41, 5.74) is 36.1. The van der Waals surface area contributed by atoms with Crippen molar-refractivity contribution in [2.24, 2.45) is 43.3 Å². The molecule has 0 aliphatic carbocycles. The van der Waals surface area contributed by atoms with Crippen LogP contribution in [0.1, 0.15) is 70.7 Å². The number of nitrogens with zero attached hydrogens (tertiary/aromatic N) is 4. The van der Waals surface area contributed by atoms with Gasteiger partial charge in [0.05, 0.1) is 11.4 Å². The minimum Gasteiger partial charge on any atom is -0.369 e. The van der Waals surface area contributed by atoms with Crippen LogP contribution in [0.2, 0.25) is 0 Å². The average molecular weight is 709 g/mol. The number of anilines is 2. The van der Waals surface area contributed by atoms with Gasteiger partial charge in [0.15, 0.2) is 23.2 Å². The lowest BCUT2D eigenvalue weighted by Gasteiger charge is -2.16. The summed E-state index contributed by atoms with van der Waals surface area (Å²) in [6, 6.07) is 16.7. The molecule has 0 saturated carbocycles. The van der Waals surface area contributed by atoms with E-state index in [-0.39, 0.29) is 35.2 Å². The Morgan fingerprint density at radius 3 is 1.13 bits per heavy atom. The van der Waals surface area contributed by atoms with Gasteiger partial charge in [-0.15, -0.1) is 0 Å². The molecule has 3 aromatic rings. The van der Waals surface area contributed by atoms with Crippen LogP contribution >= 0.6 is 0 Å². The highest BCUT2D eigenvalue weighted by Gasteiger charge is 2.15. The van der Waals surface area contributed by atoms with E-state index in [0.29, 0.717) is 56.2 Å². The molecule has 20 nitrogen and oxygen atoms in total. The quantitative estimate of drug-likeness (QED) is 0.0543. The van der Waals surface area contributed by atoms with Crippen molar-refractivity contribution in [3.8, 4) is 0 Å². The summed E-state index contributed by atoms with van der Waals surface area (Å²) in [5.74, 6) is -1.76. The van der Waals surface area contributed by atoms with Crippen LogP contribution in [0.3, 0.4) is 0 Å². The third kappa shape index (κ3) is 11.8. The largest absolute Gasteiger partial charge is 0.369 e. The molecule has 3 aromatic carbocycles. The van der Waals surface area contributed by atoms with Gasteiger partial charge in [0.25, 0.3) is 0 Å². The molecule has 20 heteroatoms. The van der Waals surface area contributed by atoms with Crippen molar-refractivity contribution < 1.29 is 9.59 Å². The van der Waals surface area contributed by atoms with Crippen LogP contribution in [0.4, 0.5) is 11.4 Å². The van der Waals surface area contributed by atoms with Crippen molar-refractivity contribution in [3.05, 3.63) is 94.0 Å². The number of nitrogens with two attached hydrogens (primary N) is 4. The van der Waals surface area contributed by atoms with E-state index in [1.807, 2.05) is 0 Å². The second-order valence-corrected chi connectivity index (χ2v) is 11.0. The monoisotopic (exact) mass is 708 g/mol. The second-order valence-electron chi connectivity index (χ2n) is 11.0. The van der Waals surface area contributed by atoms with Gasteiger partial charge in [0.1, 0.15) is 0 Å². The molecule has 0 bridgehead atoms. The van der Waals surface area contributed by atoms with Crippen LogP contribution in [0, 0.1) is 21.6 Å². The van der Waals surface area contributed by atoms with E-state index in [2.05, 4.69) is 52.7 Å². The molecule has 270 valence electrons. The van der Waals surface area contributed by atoms with E-state index in [1.54, 1.807) is 68.4 Å². The standard InChI is InChI=1S/C32H40N18O2/c1-15(43-47-29(33)34)21-9-22(16(2)44-48-30(35)36)12-25(11-21)41-27(45-49-31(37)38)19-6-5-7-20(8-19)28(46-50-32(39)40)42-26-13-23(17(3)51)10-24(14-26)18(4)52/h5-14H,1-4H3,(H,41,45)(H,42,46)(H4,33,34,47)(H4,35,36,48)(H4,37,38,49)(H4,39,40,50). The van der Waals surface area contributed by atoms with Crippen molar-refractivity contribution in [3.63, 3.8) is 0 Å². The summed E-state index contributed by atoms with van der Waals surface area (Å²) in [5, 5.41) is 53.4. The molecule has 0 unspecified atom stereocenters. The summed E-state index contributed by atoms with van der Waals surface area (Å²) in [6.07, 6.45) is 0. The summed E-state index contributed by atoms with van der Waals surface area (Å²) in [4.78, 5) is 24.5. The fourth-order valence-electron chi connectivity index (χ4n) is 4.29. The van der Waals surface area contributed by atoms with Gasteiger partial charge in [-0.1, -0.05) is 18.2 Å². The number of hydrazone groups is 4. The summed E-state index contributed by atoms with van der Waals surface area (Å²) in [6.45, 7) is 6.16. The van der Waals surface area contributed by atoms with Gasteiger partial charge in [-0.05, 0) is 70.2 Å². The molecule has 0 heterocycles. The summed E-state index contributed by atoms with van der Waals surface area (Å²) in [7, 11) is 0. The van der Waals surface area contributed by atoms with Gasteiger partial charge in [-0.3, -0.25) is 31.2 Å². The van der Waals surface area contributed by atoms with Crippen LogP contribution in [-0.2, 0) is 0 Å². The van der Waals surface area contributed by atoms with Crippen LogP contribution in [0.15, 0.2) is 81.1 Å². The Bertz CT molecular complexity index is 1960. The van der Waals surface area contributed by atoms with Crippen LogP contribution < -0.4 is 55.3 Å². The Morgan fingerprint density at radius 2 is 0.788 bits per heavy atom. The number of ketones is 2. The highest BCUT2D eigenvalue weighted by Crippen LogP contribution is 2.21. The van der Waals surface area contributed by atoms with Crippen LogP contribution in [-0.4, -0.2) is 58.5 Å². The topological polar surface area (TPSA) is 355 Å². The molecule has 0 aliphatic heterocycles. The molecule has 0 atom stereocenters. The maximum Gasteiger partial charge on any atom is 0.206 e. The second kappa shape index (κ2) is 17.7. The Kier molecular flexibility index (Phi) is 13.2. The lowest BCUT2D eigenvalue weighted by Crippen LogP contribution is -2.30. The van der Waals surface area contributed by atoms with Gasteiger partial charge >= 0.3 is 0 Å². The van der Waals surface area contributed by atoms with E-state index < -0.39 is 11.9 Å². The van der Waals surface area contributed by atoms with Crippen molar-refractivity contribution in [2.45, 2.75) is 27.7 Å². The molecule has 0 aliphatic rings. The predicted octanol–water partition coefficient (Wildman–Crippen LogP) is 1.02. The predicted molar refractivity (Wildman–Crippen MR) is 204 cm³/mol. The Labute approximate surface area is 298 Å². The highest BCUT2D eigenvalue weighted by atomic mass is 16.1. The zero-order valence-corrected chi connectivity index (χ0v) is 28.7. The molecule has 0 saturated heterocycles. The van der Waals surface area contributed by atoms with E-state index in [1.165, 1.54) is 19.9 Å². The van der Waals surface area contributed by atoms with E-state index in [9.17, 15) is 9.59 Å². The normalized spacial score (nSPS) is 11.9. The number of hydrogen-bond donors (Lipinski definition) is 14. The van der Waals surface area contributed by atoms with Gasteiger partial charge in [-0.2, -0.15) is 20.4 Å². The van der Waals surface area contributed by atoms with Gasteiger partial charge < -0.3 is 33.6 Å². The molecule has 52 heavy (non-hydrogen) atoms. The van der Waals surface area contributed by atoms with Gasteiger partial charge in [0.2, 0.25) is 23.8 Å². The molecular weight excluding hydrogens is 668 g/mol. The number of rotatable bonds is 12. The highest BCUT2D eigenvalue weighted by molar-refractivity contribution is 6.14. The zero-order chi connectivity index (χ0) is 38.5. The summed E-state index contributed by atoms with van der Waals surface area (Å²) < 4.78 is 0. The number of benzene rings is 3. The Balaban J connectivity index is 2.16. The number of amidine groups is 2. The number of carbonyl (C=O) groups excluding carboxylic acids is 2. The van der Waals surface area contributed by atoms with E-state index in [0.717, 1.165) is 0 Å². The number of Topliss-reactive ketones (excluding diaryl/α,β-unsaturated/α-hetero) is 2. The maximum atomic E-state index is 12.2. The first-order valence-corrected chi connectivity index (χ1v) is 15.1. The first-order valence-electron chi connectivity index (χ1n) is 15.1. The third-order valence-corrected chi connectivity index (χ3v) is 6.71. The fourth-order valence-corrected chi connectivity index (χ4v) is 4.29. The van der Waals surface area contributed by atoms with Crippen molar-refractivity contribution in [1.82, 2.24) is 21.7 Å². The van der Waals surface area contributed by atoms with Crippen molar-refractivity contribution in [1.29, 1.82) is 21.6 Å². The lowest BCUT2D eigenvalue weighted by molar-refractivity contribution is 0.101. The Hall–Kier alpha value is -7.64. The maximum absolute atomic E-state index is 12.2. The summed E-state index contributed by atoms with van der Waals surface area (Å²) >= 11 is 0. The van der Waals surface area contributed by atoms with Crippen LogP contribution in [0.25, 0.3) is 0 Å². The minimum absolute atomic E-state index is 0.157. The first kappa shape index (κ1) is 38.8. The molecule has 0 radical (unpaired) electrons. The van der Waals surface area contributed by atoms with Crippen molar-refractivity contribution >= 4 is 69.9 Å². The number of guanidine groups is 4. The SMILES string of the molecule is CC(=O)c1cc(NC(=NNC(=N)N)c2cccc(C(=NNC(=N)N)Nc3cc(C(C)=NNC(=N)N)cc(C(C)=NNC(=N)N)c3)c2)cc(C(C)=O)c1. The number of nitrogens with one attached hydrogen (secondary N) is 10. The molecule has 3 rings (SSSR count). The number of hydrogen-bond acceptors (Lipinski definition) is 10. The lowest BCUT2D eigenvalue weighted by atomic mass is 10.0. The molecule has 18 N–H and O–H groups in total. The van der Waals surface area contributed by atoms with Crippen molar-refractivity contribution in [2.75, 3.05) is 10.6 Å². The Morgan fingerprint density at radius 1 is 0.481 bits per heavy atom. The third-order valence-electron chi connectivity index (χ3n) is 6.71. The molecule has 0 spiro atoms. The van der Waals surface area contributed by atoms with E-state index in [4.69, 9.17) is 44.6 Å². The molecule has 0 fully saturated rings. The fraction of sp³-hybridized carbons (Fsp3) is 0.125. The molecule has 0 aromatic heterocycles. The first-order chi connectivity index (χ1) is 24.5. The van der Waals surface area contributed by atoms with Gasteiger partial charge in [0, 0.05) is 44.8 Å². The van der Waals surface area contributed by atoms with Gasteiger partial charge in [-0.25, -0.2) is 21.7 Å². The smallest absolute Gasteiger partial charge is 0.206 e. The van der Waals surface area contributed by atoms with E-state index >= 15 is 0 Å². The van der Waals surface area contributed by atoms with Crippen LogP contribution in [0.5, 0.6) is 0 Å². The number of carbonyl (C=O) groups is 2. The minimum atomic E-state index is -0.447. The zero-order valence-electron chi connectivity index (χ0n) is 28.7.